The molecule has 2 aromatic rings. The predicted molar refractivity (Wildman–Crippen MR) is 100 cm³/mol. The Balaban J connectivity index is 1.61. The van der Waals surface area contributed by atoms with Crippen molar-refractivity contribution in [3.05, 3.63) is 34.4 Å². The van der Waals surface area contributed by atoms with Crippen LogP contribution < -0.4 is 5.56 Å². The van der Waals surface area contributed by atoms with Crippen LogP contribution in [0.5, 0.6) is 0 Å². The second-order valence-electron chi connectivity index (χ2n) is 7.42. The van der Waals surface area contributed by atoms with E-state index in [2.05, 4.69) is 0 Å². The second kappa shape index (κ2) is 7.30. The van der Waals surface area contributed by atoms with E-state index in [0.717, 1.165) is 11.5 Å². The number of hydrogen-bond acceptors (Lipinski definition) is 5. The number of nitrogens with zero attached hydrogens (tertiary/aromatic N) is 3. The van der Waals surface area contributed by atoms with E-state index >= 15 is 0 Å². The minimum atomic E-state index is -0.564. The number of carbonyl (C=O) groups excluding carboxylic acids is 2. The molecular formula is C18H22FN3O4S. The smallest absolute Gasteiger partial charge is 0.410 e. The van der Waals surface area contributed by atoms with Crippen LogP contribution in [0.4, 0.5) is 9.18 Å². The molecule has 7 nitrogen and oxygen atoms in total. The molecule has 1 saturated heterocycles. The maximum Gasteiger partial charge on any atom is 0.410 e. The fourth-order valence-electron chi connectivity index (χ4n) is 2.84. The van der Waals surface area contributed by atoms with Crippen molar-refractivity contribution in [2.24, 2.45) is 0 Å². The van der Waals surface area contributed by atoms with Crippen LogP contribution in [0, 0.1) is 5.82 Å². The average Bonchev–Trinajstić information content (AvgIpc) is 2.89. The summed E-state index contributed by atoms with van der Waals surface area (Å²) in [4.78, 5) is 40.1. The monoisotopic (exact) mass is 395 g/mol. The second-order valence-corrected chi connectivity index (χ2v) is 8.48. The van der Waals surface area contributed by atoms with Crippen LogP contribution in [0.25, 0.3) is 10.1 Å². The summed E-state index contributed by atoms with van der Waals surface area (Å²) >= 11 is 1.14. The van der Waals surface area contributed by atoms with Gasteiger partial charge in [-0.15, -0.1) is 0 Å². The fraction of sp³-hybridized carbons (Fsp3) is 0.500. The standard InChI is InChI=1S/C18H22FN3O4S/c1-18(2,3)26-17(25)21-8-6-20(7-9-21)15(23)11-22-16(24)13-10-12(19)4-5-14(13)27-22/h4-5,10H,6-9,11H2,1-3H3. The maximum atomic E-state index is 13.3. The Morgan fingerprint density at radius 1 is 1.15 bits per heavy atom. The molecule has 0 atom stereocenters. The van der Waals surface area contributed by atoms with Crippen LogP contribution >= 0.6 is 11.5 Å². The molecule has 1 aliphatic heterocycles. The number of halogens is 1. The van der Waals surface area contributed by atoms with Crippen LogP contribution in [-0.2, 0) is 16.1 Å². The van der Waals surface area contributed by atoms with E-state index in [-0.39, 0.29) is 23.4 Å². The Morgan fingerprint density at radius 3 is 2.41 bits per heavy atom. The van der Waals surface area contributed by atoms with Gasteiger partial charge in [-0.2, -0.15) is 0 Å². The highest BCUT2D eigenvalue weighted by atomic mass is 32.1. The van der Waals surface area contributed by atoms with Crippen molar-refractivity contribution in [1.29, 1.82) is 0 Å². The number of aromatic nitrogens is 1. The molecule has 0 bridgehead atoms. The molecular weight excluding hydrogens is 373 g/mol. The number of ether oxygens (including phenoxy) is 1. The van der Waals surface area contributed by atoms with Crippen molar-refractivity contribution in [3.8, 4) is 0 Å². The number of amides is 2. The van der Waals surface area contributed by atoms with E-state index in [1.165, 1.54) is 22.2 Å². The molecule has 3 rings (SSSR count). The first-order chi connectivity index (χ1) is 12.6. The van der Waals surface area contributed by atoms with Crippen molar-refractivity contribution in [2.45, 2.75) is 32.9 Å². The molecule has 1 aromatic heterocycles. The minimum absolute atomic E-state index is 0.0910. The molecule has 1 fully saturated rings. The van der Waals surface area contributed by atoms with Crippen LogP contribution in [-0.4, -0.2) is 57.5 Å². The van der Waals surface area contributed by atoms with E-state index in [1.807, 2.05) is 0 Å². The Labute approximate surface area is 160 Å². The Bertz CT molecular complexity index is 923. The molecule has 0 aliphatic carbocycles. The summed E-state index contributed by atoms with van der Waals surface area (Å²) in [6.07, 6.45) is -0.391. The summed E-state index contributed by atoms with van der Waals surface area (Å²) < 4.78 is 20.6. The minimum Gasteiger partial charge on any atom is -0.444 e. The summed E-state index contributed by atoms with van der Waals surface area (Å²) in [5.41, 5.74) is -0.929. The molecule has 0 unspecified atom stereocenters. The van der Waals surface area contributed by atoms with Crippen LogP contribution in [0.2, 0.25) is 0 Å². The lowest BCUT2D eigenvalue weighted by Crippen LogP contribution is -2.52. The number of benzene rings is 1. The highest BCUT2D eigenvalue weighted by Crippen LogP contribution is 2.18. The first-order valence-corrected chi connectivity index (χ1v) is 9.46. The molecule has 0 radical (unpaired) electrons. The Kier molecular flexibility index (Phi) is 5.23. The van der Waals surface area contributed by atoms with Gasteiger partial charge >= 0.3 is 6.09 Å². The molecule has 2 heterocycles. The van der Waals surface area contributed by atoms with Crippen LogP contribution in [0.15, 0.2) is 23.0 Å². The number of fused-ring (bicyclic) bond motifs is 1. The van der Waals surface area contributed by atoms with E-state index in [1.54, 1.807) is 30.6 Å². The molecule has 0 N–H and O–H groups in total. The largest absolute Gasteiger partial charge is 0.444 e. The van der Waals surface area contributed by atoms with E-state index in [9.17, 15) is 18.8 Å². The first kappa shape index (κ1) is 19.3. The number of hydrogen-bond donors (Lipinski definition) is 0. The third-order valence-corrected chi connectivity index (χ3v) is 5.24. The molecule has 27 heavy (non-hydrogen) atoms. The fourth-order valence-corrected chi connectivity index (χ4v) is 3.80. The van der Waals surface area contributed by atoms with Gasteiger partial charge in [0.15, 0.2) is 0 Å². The van der Waals surface area contributed by atoms with Crippen molar-refractivity contribution in [3.63, 3.8) is 0 Å². The summed E-state index contributed by atoms with van der Waals surface area (Å²) in [5, 5.41) is 0.280. The molecule has 2 amide bonds. The van der Waals surface area contributed by atoms with Gasteiger partial charge in [0.2, 0.25) is 5.91 Å². The van der Waals surface area contributed by atoms with E-state index in [0.29, 0.717) is 30.9 Å². The summed E-state index contributed by atoms with van der Waals surface area (Å²) in [5.74, 6) is -0.679. The van der Waals surface area contributed by atoms with Gasteiger partial charge in [-0.3, -0.25) is 13.5 Å². The highest BCUT2D eigenvalue weighted by Gasteiger charge is 2.28. The number of carbonyl (C=O) groups is 2. The first-order valence-electron chi connectivity index (χ1n) is 8.69. The quantitative estimate of drug-likeness (QED) is 0.782. The number of piperazine rings is 1. The third kappa shape index (κ3) is 4.47. The third-order valence-electron chi connectivity index (χ3n) is 4.17. The van der Waals surface area contributed by atoms with Gasteiger partial charge in [0, 0.05) is 26.2 Å². The van der Waals surface area contributed by atoms with Gasteiger partial charge < -0.3 is 14.5 Å². The van der Waals surface area contributed by atoms with Crippen LogP contribution in [0.3, 0.4) is 0 Å². The summed E-state index contributed by atoms with van der Waals surface area (Å²) in [6, 6.07) is 4.02. The lowest BCUT2D eigenvalue weighted by molar-refractivity contribution is -0.133. The zero-order chi connectivity index (χ0) is 19.8. The van der Waals surface area contributed by atoms with Gasteiger partial charge in [0.25, 0.3) is 5.56 Å². The van der Waals surface area contributed by atoms with Crippen molar-refractivity contribution in [2.75, 3.05) is 26.2 Å². The molecule has 0 saturated carbocycles. The molecule has 9 heteroatoms. The predicted octanol–water partition coefficient (Wildman–Crippen LogP) is 2.28. The topological polar surface area (TPSA) is 71.8 Å². The van der Waals surface area contributed by atoms with Crippen molar-refractivity contribution >= 4 is 33.6 Å². The lowest BCUT2D eigenvalue weighted by Gasteiger charge is -2.35. The van der Waals surface area contributed by atoms with Gasteiger partial charge in [-0.1, -0.05) is 11.5 Å². The maximum absolute atomic E-state index is 13.3. The normalized spacial score (nSPS) is 15.3. The van der Waals surface area contributed by atoms with Gasteiger partial charge in [-0.05, 0) is 39.0 Å². The Morgan fingerprint density at radius 2 is 1.78 bits per heavy atom. The van der Waals surface area contributed by atoms with E-state index in [4.69, 9.17) is 4.74 Å². The van der Waals surface area contributed by atoms with Gasteiger partial charge in [-0.25, -0.2) is 9.18 Å². The molecule has 0 spiro atoms. The summed E-state index contributed by atoms with van der Waals surface area (Å²) in [7, 11) is 0. The molecule has 1 aromatic carbocycles. The summed E-state index contributed by atoms with van der Waals surface area (Å²) in [6.45, 7) is 6.85. The van der Waals surface area contributed by atoms with Crippen LogP contribution in [0.1, 0.15) is 20.8 Å². The lowest BCUT2D eigenvalue weighted by atomic mass is 10.2. The molecule has 1 aliphatic rings. The van der Waals surface area contributed by atoms with E-state index < -0.39 is 17.5 Å². The average molecular weight is 395 g/mol. The van der Waals surface area contributed by atoms with Crippen molar-refractivity contribution < 1.29 is 18.7 Å². The van der Waals surface area contributed by atoms with Gasteiger partial charge in [0.1, 0.15) is 18.0 Å². The zero-order valence-corrected chi connectivity index (χ0v) is 16.3. The SMILES string of the molecule is CC(C)(C)OC(=O)N1CCN(C(=O)Cn2sc3ccc(F)cc3c2=O)CC1. The Hall–Kier alpha value is -2.42. The molecule has 146 valence electrons. The zero-order valence-electron chi connectivity index (χ0n) is 15.5. The van der Waals surface area contributed by atoms with Crippen molar-refractivity contribution in [1.82, 2.24) is 13.8 Å². The highest BCUT2D eigenvalue weighted by molar-refractivity contribution is 7.13. The number of rotatable bonds is 2. The van der Waals surface area contributed by atoms with Gasteiger partial charge in [0.05, 0.1) is 10.1 Å².